The zero-order valence-corrected chi connectivity index (χ0v) is 38.9. The molecule has 5 N–H and O–H groups in total. The molecule has 0 saturated carbocycles. The Balaban J connectivity index is 0.639. The molecule has 5 aromatic carbocycles. The Morgan fingerprint density at radius 1 is 0.614 bits per heavy atom. The summed E-state index contributed by atoms with van der Waals surface area (Å²) in [6.45, 7) is 4.21. The number of nitrogens with one attached hydrogen (secondary N) is 3. The van der Waals surface area contributed by atoms with Crippen LogP contribution in [-0.2, 0) is 28.4 Å². The second-order valence-electron chi connectivity index (χ2n) is 15.8. The Labute approximate surface area is 408 Å². The molecule has 360 valence electrons. The molecular formula is C54H51N3O12S. The predicted molar refractivity (Wildman–Crippen MR) is 271 cm³/mol. The fourth-order valence-corrected chi connectivity index (χ4v) is 8.09. The largest absolute Gasteiger partial charge is 0.508 e. The molecule has 70 heavy (non-hydrogen) atoms. The van der Waals surface area contributed by atoms with E-state index < -0.39 is 11.9 Å². The highest BCUT2D eigenvalue weighted by atomic mass is 32.1. The number of thiocarbonyl (C=S) groups is 1. The van der Waals surface area contributed by atoms with E-state index in [9.17, 15) is 24.6 Å². The Morgan fingerprint density at radius 3 is 1.96 bits per heavy atom. The van der Waals surface area contributed by atoms with Crippen molar-refractivity contribution in [3.63, 3.8) is 0 Å². The number of carboxylic acids is 1. The number of carboxylic acid groups (broad SMARTS) is 1. The average Bonchev–Trinajstić information content (AvgIpc) is 3.76. The number of aromatic nitrogens is 1. The molecule has 1 aromatic heterocycles. The summed E-state index contributed by atoms with van der Waals surface area (Å²) in [4.78, 5) is 40.9. The van der Waals surface area contributed by atoms with Crippen LogP contribution < -0.4 is 16.1 Å². The number of ether oxygens (including phenoxy) is 6. The Hall–Kier alpha value is -7.44. The van der Waals surface area contributed by atoms with Crippen molar-refractivity contribution in [3.05, 3.63) is 155 Å². The van der Waals surface area contributed by atoms with Crippen molar-refractivity contribution in [3.8, 4) is 50.6 Å². The van der Waals surface area contributed by atoms with Gasteiger partial charge in [-0.2, -0.15) is 0 Å². The number of aromatic hydroxyl groups is 1. The van der Waals surface area contributed by atoms with Crippen molar-refractivity contribution >= 4 is 56.8 Å². The van der Waals surface area contributed by atoms with E-state index >= 15 is 0 Å². The van der Waals surface area contributed by atoms with Crippen LogP contribution in [-0.4, -0.2) is 111 Å². The highest BCUT2D eigenvalue weighted by Crippen LogP contribution is 2.43. The topological polar surface area (TPSA) is 200 Å². The van der Waals surface area contributed by atoms with E-state index in [4.69, 9.17) is 45.1 Å². The maximum atomic E-state index is 12.7. The number of rotatable bonds is 24. The normalized spacial score (nSPS) is 11.3. The second kappa shape index (κ2) is 24.2. The third kappa shape index (κ3) is 12.6. The highest BCUT2D eigenvalue weighted by Gasteiger charge is 2.23. The number of carbonyl (C=O) groups excluding carboxylic acids is 1. The number of aromatic carboxylic acids is 1. The number of para-hydroxylation sites is 1. The monoisotopic (exact) mass is 965 g/mol. The van der Waals surface area contributed by atoms with E-state index in [1.165, 1.54) is 30.3 Å². The Morgan fingerprint density at radius 2 is 1.26 bits per heavy atom. The van der Waals surface area contributed by atoms with Crippen molar-refractivity contribution in [2.45, 2.75) is 0 Å². The van der Waals surface area contributed by atoms with Gasteiger partial charge < -0.3 is 58.7 Å². The van der Waals surface area contributed by atoms with Crippen molar-refractivity contribution < 1.29 is 52.6 Å². The van der Waals surface area contributed by atoms with Gasteiger partial charge in [0.15, 0.2) is 10.5 Å². The Kier molecular flexibility index (Phi) is 16.9. The summed E-state index contributed by atoms with van der Waals surface area (Å²) in [7, 11) is 0. The van der Waals surface area contributed by atoms with Crippen LogP contribution in [0.2, 0.25) is 0 Å². The zero-order valence-electron chi connectivity index (χ0n) is 38.1. The maximum absolute atomic E-state index is 12.7. The average molecular weight is 966 g/mol. The highest BCUT2D eigenvalue weighted by molar-refractivity contribution is 7.80. The minimum atomic E-state index is -1.16. The molecule has 1 aliphatic heterocycles. The molecule has 1 aliphatic carbocycles. The van der Waals surface area contributed by atoms with Gasteiger partial charge in [-0.1, -0.05) is 66.7 Å². The van der Waals surface area contributed by atoms with Crippen molar-refractivity contribution in [2.24, 2.45) is 0 Å². The number of benzene rings is 6. The molecular weight excluding hydrogens is 915 g/mol. The minimum Gasteiger partial charge on any atom is -0.508 e. The summed E-state index contributed by atoms with van der Waals surface area (Å²) in [5.41, 5.74) is 7.69. The maximum Gasteiger partial charge on any atom is 0.338 e. The molecule has 16 heteroatoms. The third-order valence-corrected chi connectivity index (χ3v) is 11.4. The molecule has 0 radical (unpaired) electrons. The number of aromatic amines is 1. The van der Waals surface area contributed by atoms with Gasteiger partial charge in [-0.15, -0.1) is 0 Å². The molecule has 2 heterocycles. The third-order valence-electron chi connectivity index (χ3n) is 11.1. The van der Waals surface area contributed by atoms with Crippen molar-refractivity contribution in [2.75, 3.05) is 84.5 Å². The van der Waals surface area contributed by atoms with Crippen LogP contribution in [0.5, 0.6) is 5.75 Å². The quantitative estimate of drug-likeness (QED) is 0.0166. The molecule has 0 atom stereocenters. The van der Waals surface area contributed by atoms with E-state index in [0.29, 0.717) is 105 Å². The van der Waals surface area contributed by atoms with Gasteiger partial charge in [0.05, 0.1) is 82.9 Å². The van der Waals surface area contributed by atoms with Gasteiger partial charge in [0.25, 0.3) is 0 Å². The van der Waals surface area contributed by atoms with Crippen LogP contribution in [0, 0.1) is 0 Å². The minimum absolute atomic E-state index is 0.00108. The molecule has 0 amide bonds. The lowest BCUT2D eigenvalue weighted by Gasteiger charge is -2.18. The lowest BCUT2D eigenvalue weighted by molar-refractivity contribution is -0.0149. The summed E-state index contributed by atoms with van der Waals surface area (Å²) in [6, 6.07) is 39.6. The first kappa shape index (κ1) is 49.0. The standard InChI is InChI=1S/C54H51N3O12S/c58-39-15-18-43-47(33-39)69-48-34-40(59)16-19-44(48)50(43)41-17-14-38(32-45(41)52(60)61)56-54(70)55-20-21-63-22-23-64-24-25-65-26-27-66-28-29-67-30-31-68-53(62)37-12-10-35(11-13-37)49-42-8-4-5-9-46(42)57-51(49)36-6-2-1-3-7-36/h1-19,32-34,57-58H,20-31H2,(H,60,61)(H2,55,56,70). The molecule has 0 saturated heterocycles. The Bertz CT molecular complexity index is 3080. The summed E-state index contributed by atoms with van der Waals surface area (Å²) >= 11 is 5.43. The number of fused-ring (bicyclic) bond motifs is 3. The molecule has 0 spiro atoms. The van der Waals surface area contributed by atoms with Crippen LogP contribution in [0.15, 0.2) is 143 Å². The summed E-state index contributed by atoms with van der Waals surface area (Å²) in [5, 5.41) is 28.3. The molecule has 0 unspecified atom stereocenters. The van der Waals surface area contributed by atoms with Crippen LogP contribution >= 0.6 is 12.2 Å². The first-order chi connectivity index (χ1) is 34.2. The van der Waals surface area contributed by atoms with Crippen LogP contribution in [0.1, 0.15) is 20.7 Å². The SMILES string of the molecule is O=C(OCCOCCOCCOCCOCCOCCNC(=S)Nc1ccc(-c2c3ccc(=O)cc-3oc3cc(O)ccc23)c(C(=O)O)c1)c1ccc(-c2c(-c3ccccc3)[nH]c3ccccc23)cc1. The van der Waals surface area contributed by atoms with Gasteiger partial charge >= 0.3 is 11.9 Å². The molecule has 2 aliphatic rings. The fraction of sp³-hybridized carbons (Fsp3) is 0.222. The van der Waals surface area contributed by atoms with Gasteiger partial charge in [0.1, 0.15) is 23.7 Å². The molecule has 15 nitrogen and oxygen atoms in total. The summed E-state index contributed by atoms with van der Waals surface area (Å²) in [6.07, 6.45) is 0. The van der Waals surface area contributed by atoms with Gasteiger partial charge in [0, 0.05) is 57.3 Å². The molecule has 6 aromatic rings. The predicted octanol–water partition coefficient (Wildman–Crippen LogP) is 9.01. The van der Waals surface area contributed by atoms with Crippen molar-refractivity contribution in [1.29, 1.82) is 0 Å². The van der Waals surface area contributed by atoms with E-state index in [2.05, 4.69) is 39.9 Å². The number of esters is 1. The van der Waals surface area contributed by atoms with Crippen molar-refractivity contribution in [1.82, 2.24) is 10.3 Å². The van der Waals surface area contributed by atoms with E-state index in [0.717, 1.165) is 33.3 Å². The summed E-state index contributed by atoms with van der Waals surface area (Å²) < 4.78 is 39.2. The lowest BCUT2D eigenvalue weighted by Crippen LogP contribution is -2.31. The van der Waals surface area contributed by atoms with E-state index in [1.807, 2.05) is 42.5 Å². The molecule has 0 fully saturated rings. The first-order valence-electron chi connectivity index (χ1n) is 22.7. The van der Waals surface area contributed by atoms with Gasteiger partial charge in [0.2, 0.25) is 0 Å². The van der Waals surface area contributed by atoms with E-state index in [1.54, 1.807) is 36.4 Å². The van der Waals surface area contributed by atoms with E-state index in [-0.39, 0.29) is 40.8 Å². The molecule has 8 rings (SSSR count). The number of hydrogen-bond acceptors (Lipinski definition) is 12. The first-order valence-corrected chi connectivity index (χ1v) is 23.1. The fourth-order valence-electron chi connectivity index (χ4n) is 7.87. The zero-order chi connectivity index (χ0) is 48.7. The van der Waals surface area contributed by atoms with Crippen LogP contribution in [0.4, 0.5) is 5.69 Å². The number of hydrogen-bond donors (Lipinski definition) is 5. The van der Waals surface area contributed by atoms with Crippen LogP contribution in [0.25, 0.3) is 66.7 Å². The number of carbonyl (C=O) groups is 2. The number of phenolic OH excluding ortho intramolecular Hbond substituents is 1. The van der Waals surface area contributed by atoms with Gasteiger partial charge in [-0.25, -0.2) is 9.59 Å². The number of H-pyrrole nitrogens is 1. The lowest BCUT2D eigenvalue weighted by atomic mass is 9.90. The second-order valence-corrected chi connectivity index (χ2v) is 16.2. The molecule has 0 bridgehead atoms. The van der Waals surface area contributed by atoms with Gasteiger partial charge in [-0.3, -0.25) is 4.79 Å². The van der Waals surface area contributed by atoms with Crippen LogP contribution in [0.3, 0.4) is 0 Å². The smallest absolute Gasteiger partial charge is 0.338 e. The summed E-state index contributed by atoms with van der Waals surface area (Å²) in [5.74, 6) is -1.35. The van der Waals surface area contributed by atoms with Gasteiger partial charge in [-0.05, 0) is 83.5 Å². The number of anilines is 1. The number of phenols is 1.